The van der Waals surface area contributed by atoms with Gasteiger partial charge in [-0.2, -0.15) is 0 Å². The van der Waals surface area contributed by atoms with Crippen molar-refractivity contribution in [2.24, 2.45) is 0 Å². The zero-order chi connectivity index (χ0) is 14.3. The summed E-state index contributed by atoms with van der Waals surface area (Å²) in [6, 6.07) is 5.99. The number of methoxy groups -OCH3 is 1. The van der Waals surface area contributed by atoms with E-state index in [1.807, 2.05) is 19.1 Å². The Kier molecular flexibility index (Phi) is 3.08. The number of ether oxygens (including phenoxy) is 1. The molecule has 1 aliphatic carbocycles. The first-order valence-corrected chi connectivity index (χ1v) is 6.88. The molecular formula is C16H19N3O. The van der Waals surface area contributed by atoms with Crippen molar-refractivity contribution in [3.63, 3.8) is 0 Å². The highest BCUT2D eigenvalue weighted by atomic mass is 16.5. The zero-order valence-electron chi connectivity index (χ0n) is 12.1. The molecule has 0 aliphatic heterocycles. The molecule has 1 fully saturated rings. The fraction of sp³-hybridized carbons (Fsp3) is 0.375. The van der Waals surface area contributed by atoms with E-state index in [-0.39, 0.29) is 0 Å². The maximum absolute atomic E-state index is 5.93. The Balaban J connectivity index is 2.10. The summed E-state index contributed by atoms with van der Waals surface area (Å²) < 4.78 is 5.35. The molecule has 3 rings (SSSR count). The second-order valence-electron chi connectivity index (χ2n) is 5.45. The fourth-order valence-electron chi connectivity index (χ4n) is 2.43. The van der Waals surface area contributed by atoms with Gasteiger partial charge in [-0.15, -0.1) is 0 Å². The predicted molar refractivity (Wildman–Crippen MR) is 79.9 cm³/mol. The second kappa shape index (κ2) is 4.78. The van der Waals surface area contributed by atoms with E-state index < -0.39 is 0 Å². The molecule has 2 aromatic rings. The number of benzene rings is 1. The van der Waals surface area contributed by atoms with E-state index >= 15 is 0 Å². The van der Waals surface area contributed by atoms with Crippen LogP contribution in [-0.2, 0) is 0 Å². The molecule has 4 heteroatoms. The molecule has 20 heavy (non-hydrogen) atoms. The van der Waals surface area contributed by atoms with Gasteiger partial charge in [0.15, 0.2) is 0 Å². The maximum Gasteiger partial charge on any atom is 0.134 e. The highest BCUT2D eigenvalue weighted by Gasteiger charge is 2.27. The molecule has 0 radical (unpaired) electrons. The van der Waals surface area contributed by atoms with E-state index in [4.69, 9.17) is 15.5 Å². The number of rotatable bonds is 3. The van der Waals surface area contributed by atoms with Crippen molar-refractivity contribution in [1.29, 1.82) is 0 Å². The third-order valence-corrected chi connectivity index (χ3v) is 3.72. The quantitative estimate of drug-likeness (QED) is 0.929. The van der Waals surface area contributed by atoms with Gasteiger partial charge in [0.05, 0.1) is 12.8 Å². The molecular weight excluding hydrogens is 250 g/mol. The van der Waals surface area contributed by atoms with Gasteiger partial charge in [0, 0.05) is 17.5 Å². The third kappa shape index (κ3) is 2.33. The van der Waals surface area contributed by atoms with Crippen LogP contribution in [0.5, 0.6) is 5.75 Å². The number of hydrogen-bond acceptors (Lipinski definition) is 4. The first-order valence-electron chi connectivity index (χ1n) is 6.88. The molecule has 1 saturated carbocycles. The van der Waals surface area contributed by atoms with E-state index in [9.17, 15) is 0 Å². The van der Waals surface area contributed by atoms with Crippen LogP contribution in [-0.4, -0.2) is 17.1 Å². The Morgan fingerprint density at radius 2 is 1.85 bits per heavy atom. The largest absolute Gasteiger partial charge is 0.496 e. The molecule has 1 aromatic carbocycles. The van der Waals surface area contributed by atoms with Crippen LogP contribution < -0.4 is 10.5 Å². The average molecular weight is 269 g/mol. The number of nitrogens with zero attached hydrogens (tertiary/aromatic N) is 2. The van der Waals surface area contributed by atoms with Crippen LogP contribution in [0.2, 0.25) is 0 Å². The van der Waals surface area contributed by atoms with Crippen LogP contribution in [0.1, 0.15) is 35.7 Å². The molecule has 0 bridgehead atoms. The molecule has 1 aliphatic rings. The van der Waals surface area contributed by atoms with Gasteiger partial charge >= 0.3 is 0 Å². The Bertz CT molecular complexity index is 663. The minimum atomic E-state index is 0.497. The molecule has 0 unspecified atom stereocenters. The summed E-state index contributed by atoms with van der Waals surface area (Å²) in [4.78, 5) is 9.04. The SMILES string of the molecule is COc1cc(C)c(-c2cc(N)nc(C3CC3)n2)cc1C. The molecule has 0 atom stereocenters. The molecule has 0 saturated heterocycles. The van der Waals surface area contributed by atoms with Gasteiger partial charge < -0.3 is 10.5 Å². The summed E-state index contributed by atoms with van der Waals surface area (Å²) >= 11 is 0. The lowest BCUT2D eigenvalue weighted by Gasteiger charge is -2.12. The van der Waals surface area contributed by atoms with Crippen LogP contribution in [0.4, 0.5) is 5.82 Å². The van der Waals surface area contributed by atoms with Crippen LogP contribution in [0, 0.1) is 13.8 Å². The summed E-state index contributed by atoms with van der Waals surface area (Å²) in [7, 11) is 1.69. The normalized spacial score (nSPS) is 14.3. The Hall–Kier alpha value is -2.10. The molecule has 2 N–H and O–H groups in total. The molecule has 1 heterocycles. The molecule has 1 aromatic heterocycles. The number of anilines is 1. The third-order valence-electron chi connectivity index (χ3n) is 3.72. The van der Waals surface area contributed by atoms with Crippen molar-refractivity contribution < 1.29 is 4.74 Å². The number of nitrogens with two attached hydrogens (primary N) is 1. The van der Waals surface area contributed by atoms with Crippen molar-refractivity contribution in [2.75, 3.05) is 12.8 Å². The molecule has 0 spiro atoms. The standard InChI is InChI=1S/C16H19N3O/c1-9-7-14(20-3)10(2)6-12(9)13-8-15(17)19-16(18-13)11-4-5-11/h6-8,11H,4-5H2,1-3H3,(H2,17,18,19). The lowest BCUT2D eigenvalue weighted by atomic mass is 10.0. The zero-order valence-corrected chi connectivity index (χ0v) is 12.1. The summed E-state index contributed by atoms with van der Waals surface area (Å²) in [6.07, 6.45) is 2.34. The Morgan fingerprint density at radius 1 is 1.10 bits per heavy atom. The minimum Gasteiger partial charge on any atom is -0.496 e. The first kappa shape index (κ1) is 12.9. The average Bonchev–Trinajstić information content (AvgIpc) is 3.24. The lowest BCUT2D eigenvalue weighted by Crippen LogP contribution is -2.01. The summed E-state index contributed by atoms with van der Waals surface area (Å²) in [5, 5.41) is 0. The Morgan fingerprint density at radius 3 is 2.50 bits per heavy atom. The minimum absolute atomic E-state index is 0.497. The van der Waals surface area contributed by atoms with E-state index in [1.165, 1.54) is 12.8 Å². The predicted octanol–water partition coefficient (Wildman–Crippen LogP) is 3.23. The molecule has 0 amide bonds. The van der Waals surface area contributed by atoms with E-state index in [0.717, 1.165) is 34.0 Å². The number of nitrogen functional groups attached to an aromatic ring is 1. The van der Waals surface area contributed by atoms with Crippen LogP contribution in [0.25, 0.3) is 11.3 Å². The van der Waals surface area contributed by atoms with Gasteiger partial charge in [0.25, 0.3) is 0 Å². The van der Waals surface area contributed by atoms with Crippen molar-refractivity contribution in [3.05, 3.63) is 35.2 Å². The summed E-state index contributed by atoms with van der Waals surface area (Å²) in [6.45, 7) is 4.10. The van der Waals surface area contributed by atoms with Crippen molar-refractivity contribution in [3.8, 4) is 17.0 Å². The monoisotopic (exact) mass is 269 g/mol. The van der Waals surface area contributed by atoms with Gasteiger partial charge in [-0.1, -0.05) is 0 Å². The van der Waals surface area contributed by atoms with Crippen molar-refractivity contribution in [1.82, 2.24) is 9.97 Å². The van der Waals surface area contributed by atoms with Gasteiger partial charge in [-0.05, 0) is 49.9 Å². The van der Waals surface area contributed by atoms with Crippen molar-refractivity contribution >= 4 is 5.82 Å². The van der Waals surface area contributed by atoms with Gasteiger partial charge in [-0.25, -0.2) is 9.97 Å². The number of aryl methyl sites for hydroxylation is 2. The van der Waals surface area contributed by atoms with Gasteiger partial charge in [0.1, 0.15) is 17.4 Å². The second-order valence-corrected chi connectivity index (χ2v) is 5.45. The van der Waals surface area contributed by atoms with Crippen LogP contribution in [0.15, 0.2) is 18.2 Å². The van der Waals surface area contributed by atoms with Gasteiger partial charge in [-0.3, -0.25) is 0 Å². The highest BCUT2D eigenvalue weighted by molar-refractivity contribution is 5.68. The van der Waals surface area contributed by atoms with Crippen LogP contribution >= 0.6 is 0 Å². The summed E-state index contributed by atoms with van der Waals surface area (Å²) in [5.41, 5.74) is 10.2. The highest BCUT2D eigenvalue weighted by Crippen LogP contribution is 2.39. The van der Waals surface area contributed by atoms with Gasteiger partial charge in [0.2, 0.25) is 0 Å². The summed E-state index contributed by atoms with van der Waals surface area (Å²) in [5.74, 6) is 2.82. The van der Waals surface area contributed by atoms with E-state index in [0.29, 0.717) is 11.7 Å². The number of hydrogen-bond donors (Lipinski definition) is 1. The lowest BCUT2D eigenvalue weighted by molar-refractivity contribution is 0.411. The molecule has 104 valence electrons. The first-order chi connectivity index (χ1) is 9.58. The van der Waals surface area contributed by atoms with Crippen LogP contribution in [0.3, 0.4) is 0 Å². The smallest absolute Gasteiger partial charge is 0.134 e. The topological polar surface area (TPSA) is 61.0 Å². The fourth-order valence-corrected chi connectivity index (χ4v) is 2.43. The van der Waals surface area contributed by atoms with Crippen molar-refractivity contribution in [2.45, 2.75) is 32.6 Å². The molecule has 4 nitrogen and oxygen atoms in total. The van der Waals surface area contributed by atoms with E-state index in [2.05, 4.69) is 18.0 Å². The number of aromatic nitrogens is 2. The maximum atomic E-state index is 5.93. The van der Waals surface area contributed by atoms with E-state index in [1.54, 1.807) is 7.11 Å². The Labute approximate surface area is 119 Å².